The summed E-state index contributed by atoms with van der Waals surface area (Å²) >= 11 is 3.87. The summed E-state index contributed by atoms with van der Waals surface area (Å²) in [6.45, 7) is 4.14. The van der Waals surface area contributed by atoms with Gasteiger partial charge in [0.05, 0.1) is 0 Å². The number of halogens is 1. The van der Waals surface area contributed by atoms with E-state index >= 15 is 0 Å². The van der Waals surface area contributed by atoms with Gasteiger partial charge in [-0.25, -0.2) is 0 Å². The molecule has 0 unspecified atom stereocenters. The Morgan fingerprint density at radius 2 is 1.19 bits per heavy atom. The summed E-state index contributed by atoms with van der Waals surface area (Å²) in [5.41, 5.74) is 1.35. The summed E-state index contributed by atoms with van der Waals surface area (Å²) in [6.07, 6.45) is 19.3. The molecule has 0 bridgehead atoms. The predicted molar refractivity (Wildman–Crippen MR) is 95.1 cm³/mol. The lowest BCUT2D eigenvalue weighted by Gasteiger charge is -2.46. The van der Waals surface area contributed by atoms with E-state index in [1.807, 2.05) is 0 Å². The molecule has 0 radical (unpaired) electrons. The van der Waals surface area contributed by atoms with Gasteiger partial charge >= 0.3 is 0 Å². The van der Waals surface area contributed by atoms with E-state index in [-0.39, 0.29) is 0 Å². The molecular formula is C19H34BrN. The van der Waals surface area contributed by atoms with Gasteiger partial charge in [0.25, 0.3) is 0 Å². The topological polar surface area (TPSA) is 3.24 Å². The van der Waals surface area contributed by atoms with E-state index in [9.17, 15) is 0 Å². The average Bonchev–Trinajstić information content (AvgIpc) is 2.77. The molecule has 21 heavy (non-hydrogen) atoms. The molecule has 1 saturated heterocycles. The van der Waals surface area contributed by atoms with Gasteiger partial charge < -0.3 is 4.90 Å². The lowest BCUT2D eigenvalue weighted by atomic mass is 9.68. The summed E-state index contributed by atoms with van der Waals surface area (Å²) < 4.78 is 0. The van der Waals surface area contributed by atoms with Crippen LogP contribution in [0.3, 0.4) is 0 Å². The van der Waals surface area contributed by atoms with Crippen molar-refractivity contribution in [3.05, 3.63) is 0 Å². The molecule has 3 aliphatic rings. The van der Waals surface area contributed by atoms with E-state index in [1.165, 1.54) is 108 Å². The highest BCUT2D eigenvalue weighted by Crippen LogP contribution is 2.45. The maximum atomic E-state index is 3.87. The quantitative estimate of drug-likeness (QED) is 0.458. The molecule has 0 aromatic carbocycles. The van der Waals surface area contributed by atoms with Gasteiger partial charge in [-0.3, -0.25) is 0 Å². The van der Waals surface area contributed by atoms with Gasteiger partial charge in [-0.2, -0.15) is 0 Å². The van der Waals surface area contributed by atoms with Gasteiger partial charge in [-0.15, -0.1) is 0 Å². The molecule has 0 aromatic heterocycles. The zero-order valence-electron chi connectivity index (χ0n) is 13.8. The molecule has 0 N–H and O–H groups in total. The van der Waals surface area contributed by atoms with Crippen LogP contribution in [0.1, 0.15) is 83.5 Å². The van der Waals surface area contributed by atoms with Gasteiger partial charge in [-0.05, 0) is 62.4 Å². The molecule has 2 heteroatoms. The first-order chi connectivity index (χ1) is 10.3. The van der Waals surface area contributed by atoms with Crippen molar-refractivity contribution in [3.63, 3.8) is 0 Å². The summed E-state index contributed by atoms with van der Waals surface area (Å²) in [4.78, 5) is 2.83. The summed E-state index contributed by atoms with van der Waals surface area (Å²) in [6, 6.07) is 0. The van der Waals surface area contributed by atoms with Crippen LogP contribution in [0.15, 0.2) is 0 Å². The van der Waals surface area contributed by atoms with Crippen LogP contribution in [0.25, 0.3) is 0 Å². The van der Waals surface area contributed by atoms with Gasteiger partial charge in [0.1, 0.15) is 0 Å². The summed E-state index contributed by atoms with van der Waals surface area (Å²) in [5.74, 6) is 0. The van der Waals surface area contributed by atoms with Crippen molar-refractivity contribution >= 4 is 15.9 Å². The van der Waals surface area contributed by atoms with Crippen molar-refractivity contribution in [1.82, 2.24) is 4.90 Å². The van der Waals surface area contributed by atoms with Crippen LogP contribution in [-0.4, -0.2) is 29.9 Å². The number of alkyl halides is 1. The fourth-order valence-electron chi connectivity index (χ4n) is 5.27. The fraction of sp³-hybridized carbons (Fsp3) is 1.00. The normalized spacial score (nSPS) is 30.1. The third kappa shape index (κ3) is 4.05. The molecule has 1 aliphatic heterocycles. The second-order valence-corrected chi connectivity index (χ2v) is 8.95. The molecule has 122 valence electrons. The molecule has 1 heterocycles. The van der Waals surface area contributed by atoms with Crippen LogP contribution in [0.4, 0.5) is 0 Å². The van der Waals surface area contributed by atoms with E-state index in [1.54, 1.807) is 0 Å². The molecule has 2 aliphatic carbocycles. The van der Waals surface area contributed by atoms with Crippen molar-refractivity contribution < 1.29 is 0 Å². The zero-order chi connectivity index (χ0) is 14.6. The van der Waals surface area contributed by atoms with E-state index in [4.69, 9.17) is 0 Å². The average molecular weight is 356 g/mol. The molecule has 0 atom stereocenters. The second-order valence-electron chi connectivity index (χ2n) is 8.38. The van der Waals surface area contributed by atoms with Crippen LogP contribution in [0, 0.1) is 10.8 Å². The minimum Gasteiger partial charge on any atom is -0.303 e. The van der Waals surface area contributed by atoms with Crippen molar-refractivity contribution in [2.75, 3.05) is 25.0 Å². The Balaban J connectivity index is 1.53. The lowest BCUT2D eigenvalue weighted by molar-refractivity contribution is 0.0430. The first-order valence-electron chi connectivity index (χ1n) is 9.54. The van der Waals surface area contributed by atoms with Gasteiger partial charge in [0.2, 0.25) is 0 Å². The highest BCUT2D eigenvalue weighted by molar-refractivity contribution is 9.09. The predicted octanol–water partition coefficient (Wildman–Crippen LogP) is 5.77. The van der Waals surface area contributed by atoms with Crippen molar-refractivity contribution in [2.45, 2.75) is 83.5 Å². The Hall–Kier alpha value is 0.440. The SMILES string of the molecule is BrCC1(CN2CCC3(CCCCC3)CC2)CCCCCC1. The number of hydrogen-bond donors (Lipinski definition) is 0. The molecule has 0 amide bonds. The summed E-state index contributed by atoms with van der Waals surface area (Å²) in [5, 5.41) is 1.22. The van der Waals surface area contributed by atoms with Gasteiger partial charge in [0.15, 0.2) is 0 Å². The van der Waals surface area contributed by atoms with E-state index in [0.29, 0.717) is 5.41 Å². The van der Waals surface area contributed by atoms with E-state index in [2.05, 4.69) is 20.8 Å². The maximum absolute atomic E-state index is 3.87. The minimum absolute atomic E-state index is 0.591. The third-order valence-electron chi connectivity index (χ3n) is 6.84. The first kappa shape index (κ1) is 16.3. The highest BCUT2D eigenvalue weighted by atomic mass is 79.9. The van der Waals surface area contributed by atoms with Crippen molar-refractivity contribution in [1.29, 1.82) is 0 Å². The fourth-order valence-corrected chi connectivity index (χ4v) is 6.01. The van der Waals surface area contributed by atoms with E-state index in [0.717, 1.165) is 5.41 Å². The zero-order valence-corrected chi connectivity index (χ0v) is 15.4. The van der Waals surface area contributed by atoms with Crippen LogP contribution in [0.5, 0.6) is 0 Å². The van der Waals surface area contributed by atoms with Crippen LogP contribution < -0.4 is 0 Å². The second kappa shape index (κ2) is 7.34. The molecule has 1 nitrogen and oxygen atoms in total. The van der Waals surface area contributed by atoms with Crippen LogP contribution in [-0.2, 0) is 0 Å². The molecule has 1 spiro atoms. The third-order valence-corrected chi connectivity index (χ3v) is 8.03. The van der Waals surface area contributed by atoms with Crippen molar-refractivity contribution in [3.8, 4) is 0 Å². The molecular weight excluding hydrogens is 322 g/mol. The van der Waals surface area contributed by atoms with Gasteiger partial charge in [-0.1, -0.05) is 60.9 Å². The Morgan fingerprint density at radius 1 is 0.667 bits per heavy atom. The number of nitrogens with zero attached hydrogens (tertiary/aromatic N) is 1. The number of rotatable bonds is 3. The van der Waals surface area contributed by atoms with E-state index < -0.39 is 0 Å². The number of likely N-dealkylation sites (tertiary alicyclic amines) is 1. The monoisotopic (exact) mass is 355 g/mol. The molecule has 3 rings (SSSR count). The Kier molecular flexibility index (Phi) is 5.70. The Labute approximate surface area is 140 Å². The van der Waals surface area contributed by atoms with Crippen LogP contribution in [0.2, 0.25) is 0 Å². The largest absolute Gasteiger partial charge is 0.303 e. The first-order valence-corrected chi connectivity index (χ1v) is 10.7. The minimum atomic E-state index is 0.591. The van der Waals surface area contributed by atoms with Gasteiger partial charge in [0, 0.05) is 11.9 Å². The number of piperidine rings is 1. The standard InChI is InChI=1S/C19H34BrN/c20-16-19(10-4-1-2-5-11-19)17-21-14-12-18(13-15-21)8-6-3-7-9-18/h1-17H2. The Morgan fingerprint density at radius 3 is 1.76 bits per heavy atom. The number of hydrogen-bond acceptors (Lipinski definition) is 1. The van der Waals surface area contributed by atoms with Crippen LogP contribution >= 0.6 is 15.9 Å². The maximum Gasteiger partial charge on any atom is 0.0100 e. The molecule has 0 aromatic rings. The van der Waals surface area contributed by atoms with Crippen molar-refractivity contribution in [2.24, 2.45) is 10.8 Å². The Bertz CT molecular complexity index is 304. The molecule has 2 saturated carbocycles. The summed E-state index contributed by atoms with van der Waals surface area (Å²) in [7, 11) is 0. The smallest absolute Gasteiger partial charge is 0.0100 e. The highest BCUT2D eigenvalue weighted by Gasteiger charge is 2.38. The molecule has 3 fully saturated rings. The lowest BCUT2D eigenvalue weighted by Crippen LogP contribution is -2.46.